The summed E-state index contributed by atoms with van der Waals surface area (Å²) in [5.74, 6) is -1.86. The van der Waals surface area contributed by atoms with Crippen LogP contribution in [0.2, 0.25) is 0 Å². The van der Waals surface area contributed by atoms with E-state index < -0.39 is 29.9 Å². The molecular weight excluding hydrogens is 414 g/mol. The van der Waals surface area contributed by atoms with E-state index in [2.05, 4.69) is 15.9 Å². The number of hydrogen-bond acceptors (Lipinski definition) is 4. The molecule has 1 saturated heterocycles. The number of benzene rings is 2. The summed E-state index contributed by atoms with van der Waals surface area (Å²) in [5, 5.41) is 9.41. The normalized spacial score (nSPS) is 19.1. The largest absolute Gasteiger partial charge is 0.465 e. The first-order chi connectivity index (χ1) is 13.0. The van der Waals surface area contributed by atoms with E-state index >= 15 is 0 Å². The summed E-state index contributed by atoms with van der Waals surface area (Å²) >= 11 is 3.43. The minimum absolute atomic E-state index is 0.0344. The van der Waals surface area contributed by atoms with Gasteiger partial charge in [-0.2, -0.15) is 0 Å². The fourth-order valence-corrected chi connectivity index (χ4v) is 3.63. The minimum atomic E-state index is -1.43. The van der Waals surface area contributed by atoms with E-state index in [1.165, 1.54) is 0 Å². The summed E-state index contributed by atoms with van der Waals surface area (Å²) < 4.78 is 6.10. The van der Waals surface area contributed by atoms with Crippen LogP contribution in [-0.2, 0) is 27.4 Å². The van der Waals surface area contributed by atoms with Gasteiger partial charge in [0, 0.05) is 10.4 Å². The third-order valence-electron chi connectivity index (χ3n) is 4.53. The van der Waals surface area contributed by atoms with Gasteiger partial charge in [-0.05, 0) is 30.0 Å². The Morgan fingerprint density at radius 3 is 2.44 bits per heavy atom. The van der Waals surface area contributed by atoms with E-state index in [1.807, 2.05) is 42.5 Å². The molecular formula is C20H18BrNO5. The number of carbonyl (C=O) groups excluding carboxylic acids is 2. The molecule has 1 N–H and O–H groups in total. The van der Waals surface area contributed by atoms with Crippen molar-refractivity contribution in [2.24, 2.45) is 5.92 Å². The molecule has 6 nitrogen and oxygen atoms in total. The third-order valence-corrected chi connectivity index (χ3v) is 5.31. The summed E-state index contributed by atoms with van der Waals surface area (Å²) in [6.07, 6.45) is -0.969. The first-order valence-electron chi connectivity index (χ1n) is 8.47. The van der Waals surface area contributed by atoms with E-state index in [1.54, 1.807) is 12.1 Å². The highest BCUT2D eigenvalue weighted by molar-refractivity contribution is 9.10. The van der Waals surface area contributed by atoms with Crippen LogP contribution in [0.1, 0.15) is 17.5 Å². The number of carbonyl (C=O) groups is 3. The second kappa shape index (κ2) is 8.35. The van der Waals surface area contributed by atoms with Crippen molar-refractivity contribution in [3.05, 3.63) is 70.2 Å². The molecule has 2 atom stereocenters. The second-order valence-corrected chi connectivity index (χ2v) is 7.18. The summed E-state index contributed by atoms with van der Waals surface area (Å²) in [6.45, 7) is 0.0344. The summed E-state index contributed by atoms with van der Waals surface area (Å²) in [4.78, 5) is 37.2. The summed E-state index contributed by atoms with van der Waals surface area (Å²) in [5.41, 5.74) is 1.68. The van der Waals surface area contributed by atoms with Crippen molar-refractivity contribution in [3.63, 3.8) is 0 Å². The lowest BCUT2D eigenvalue weighted by Crippen LogP contribution is -2.43. The number of ether oxygens (including phenoxy) is 1. The van der Waals surface area contributed by atoms with Crippen LogP contribution in [0.15, 0.2) is 59.1 Å². The molecule has 0 spiro atoms. The lowest BCUT2D eigenvalue weighted by Gasteiger charge is -2.18. The molecule has 0 radical (unpaired) electrons. The molecule has 0 aromatic heterocycles. The number of nitrogens with zero attached hydrogens (tertiary/aromatic N) is 1. The van der Waals surface area contributed by atoms with Crippen LogP contribution in [0.4, 0.5) is 4.79 Å². The van der Waals surface area contributed by atoms with Crippen LogP contribution in [0.3, 0.4) is 0 Å². The number of rotatable bonds is 5. The Bertz CT molecular complexity index is 854. The van der Waals surface area contributed by atoms with Gasteiger partial charge in [-0.15, -0.1) is 0 Å². The highest BCUT2D eigenvalue weighted by Gasteiger charge is 2.47. The number of likely N-dealkylation sites (tertiary alicyclic amines) is 1. The molecule has 2 amide bonds. The Balaban J connectivity index is 1.72. The van der Waals surface area contributed by atoms with Gasteiger partial charge < -0.3 is 9.84 Å². The topological polar surface area (TPSA) is 83.9 Å². The third kappa shape index (κ3) is 4.36. The van der Waals surface area contributed by atoms with Gasteiger partial charge in [-0.1, -0.05) is 64.5 Å². The Kier molecular flexibility index (Phi) is 5.91. The first kappa shape index (κ1) is 19.1. The Hall–Kier alpha value is -2.67. The highest BCUT2D eigenvalue weighted by Crippen LogP contribution is 2.31. The van der Waals surface area contributed by atoms with E-state index in [4.69, 9.17) is 4.74 Å². The van der Waals surface area contributed by atoms with Crippen molar-refractivity contribution in [1.29, 1.82) is 0 Å². The maximum atomic E-state index is 12.6. The lowest BCUT2D eigenvalue weighted by molar-refractivity contribution is -0.152. The van der Waals surface area contributed by atoms with Crippen molar-refractivity contribution in [2.45, 2.75) is 25.5 Å². The average molecular weight is 432 g/mol. The van der Waals surface area contributed by atoms with Crippen LogP contribution in [0, 0.1) is 5.92 Å². The molecule has 27 heavy (non-hydrogen) atoms. The van der Waals surface area contributed by atoms with Crippen molar-refractivity contribution < 1.29 is 24.2 Å². The van der Waals surface area contributed by atoms with Gasteiger partial charge in [-0.25, -0.2) is 14.5 Å². The minimum Gasteiger partial charge on any atom is -0.465 e. The number of esters is 1. The molecule has 0 aliphatic carbocycles. The SMILES string of the molecule is O=C(OCc1ccccc1)[C@H]1C[C@H](Cc2ccccc2Br)C(=O)N1C(=O)O. The van der Waals surface area contributed by atoms with Gasteiger partial charge >= 0.3 is 12.1 Å². The zero-order valence-electron chi connectivity index (χ0n) is 14.4. The van der Waals surface area contributed by atoms with Crippen molar-refractivity contribution in [2.75, 3.05) is 0 Å². The number of hydrogen-bond donors (Lipinski definition) is 1. The average Bonchev–Trinajstić information content (AvgIpc) is 2.99. The number of amides is 2. The van der Waals surface area contributed by atoms with Crippen LogP contribution < -0.4 is 0 Å². The van der Waals surface area contributed by atoms with Crippen molar-refractivity contribution in [3.8, 4) is 0 Å². The van der Waals surface area contributed by atoms with Crippen molar-refractivity contribution in [1.82, 2.24) is 4.90 Å². The first-order valence-corrected chi connectivity index (χ1v) is 9.26. The molecule has 1 aliphatic rings. The maximum absolute atomic E-state index is 12.6. The summed E-state index contributed by atoms with van der Waals surface area (Å²) in [6, 6.07) is 15.4. The zero-order chi connectivity index (χ0) is 19.4. The molecule has 2 aromatic carbocycles. The zero-order valence-corrected chi connectivity index (χ0v) is 16.0. The molecule has 0 saturated carbocycles. The van der Waals surface area contributed by atoms with Gasteiger partial charge in [0.1, 0.15) is 12.6 Å². The molecule has 2 aromatic rings. The van der Waals surface area contributed by atoms with Gasteiger partial charge in [0.05, 0.1) is 0 Å². The predicted octanol–water partition coefficient (Wildman–Crippen LogP) is 3.63. The summed E-state index contributed by atoms with van der Waals surface area (Å²) in [7, 11) is 0. The fourth-order valence-electron chi connectivity index (χ4n) is 3.18. The smallest absolute Gasteiger partial charge is 0.414 e. The van der Waals surface area contributed by atoms with Gasteiger partial charge in [-0.3, -0.25) is 4.79 Å². The van der Waals surface area contributed by atoms with Gasteiger partial charge in [0.25, 0.3) is 0 Å². The Labute approximate surface area is 164 Å². The molecule has 7 heteroatoms. The van der Waals surface area contributed by atoms with Crippen LogP contribution in [0.25, 0.3) is 0 Å². The molecule has 0 bridgehead atoms. The lowest BCUT2D eigenvalue weighted by atomic mass is 9.96. The number of carboxylic acid groups (broad SMARTS) is 1. The van der Waals surface area contributed by atoms with Gasteiger partial charge in [0.2, 0.25) is 5.91 Å². The second-order valence-electron chi connectivity index (χ2n) is 6.33. The quantitative estimate of drug-likeness (QED) is 0.730. The van der Waals surface area contributed by atoms with Crippen molar-refractivity contribution >= 4 is 33.9 Å². The van der Waals surface area contributed by atoms with E-state index in [-0.39, 0.29) is 13.0 Å². The number of imide groups is 1. The van der Waals surface area contributed by atoms with Crippen LogP contribution in [-0.4, -0.2) is 34.0 Å². The van der Waals surface area contributed by atoms with Crippen LogP contribution in [0.5, 0.6) is 0 Å². The van der Waals surface area contributed by atoms with Gasteiger partial charge in [0.15, 0.2) is 0 Å². The van der Waals surface area contributed by atoms with Crippen LogP contribution >= 0.6 is 15.9 Å². The fraction of sp³-hybridized carbons (Fsp3) is 0.250. The van der Waals surface area contributed by atoms with E-state index in [0.29, 0.717) is 11.3 Å². The molecule has 1 aliphatic heterocycles. The molecule has 0 unspecified atom stereocenters. The molecule has 3 rings (SSSR count). The Morgan fingerprint density at radius 2 is 1.78 bits per heavy atom. The standard InChI is InChI=1S/C20H18BrNO5/c21-16-9-5-4-8-14(16)10-15-11-17(22(18(15)23)20(25)26)19(24)27-12-13-6-2-1-3-7-13/h1-9,15,17H,10-12H2,(H,25,26)/t15-,17+/m0/s1. The highest BCUT2D eigenvalue weighted by atomic mass is 79.9. The molecule has 1 fully saturated rings. The molecule has 140 valence electrons. The van der Waals surface area contributed by atoms with E-state index in [9.17, 15) is 19.5 Å². The Morgan fingerprint density at radius 1 is 1.11 bits per heavy atom. The monoisotopic (exact) mass is 431 g/mol. The maximum Gasteiger partial charge on any atom is 0.414 e. The molecule has 1 heterocycles. The van der Waals surface area contributed by atoms with E-state index in [0.717, 1.165) is 15.6 Å². The predicted molar refractivity (Wildman–Crippen MR) is 101 cm³/mol. The number of halogens is 1.